The molecule has 0 aliphatic heterocycles. The third-order valence-corrected chi connectivity index (χ3v) is 3.59. The van der Waals surface area contributed by atoms with Crippen molar-refractivity contribution in [1.82, 2.24) is 4.98 Å². The van der Waals surface area contributed by atoms with E-state index in [1.165, 1.54) is 7.11 Å². The molecule has 0 aliphatic rings. The van der Waals surface area contributed by atoms with Crippen molar-refractivity contribution in [2.75, 3.05) is 17.7 Å². The van der Waals surface area contributed by atoms with Crippen molar-refractivity contribution in [3.8, 4) is 5.75 Å². The van der Waals surface area contributed by atoms with Crippen LogP contribution in [0, 0.1) is 0 Å². The average Bonchev–Trinajstić information content (AvgIpc) is 2.69. The molecule has 0 unspecified atom stereocenters. The van der Waals surface area contributed by atoms with Crippen LogP contribution in [0.3, 0.4) is 0 Å². The zero-order chi connectivity index (χ0) is 18.4. The van der Waals surface area contributed by atoms with Gasteiger partial charge in [-0.05, 0) is 24.3 Å². The summed E-state index contributed by atoms with van der Waals surface area (Å²) in [5.74, 6) is 0.424. The van der Waals surface area contributed by atoms with Crippen molar-refractivity contribution in [2.24, 2.45) is 0 Å². The van der Waals surface area contributed by atoms with E-state index < -0.39 is 0 Å². The van der Waals surface area contributed by atoms with E-state index in [0.29, 0.717) is 16.9 Å². The maximum atomic E-state index is 12.3. The maximum Gasteiger partial charge on any atom is 0.256 e. The number of ether oxygens (including phenoxy) is 1. The maximum absolute atomic E-state index is 12.3. The molecule has 130 valence electrons. The number of hydrogen-bond donors (Lipinski definition) is 2. The lowest BCUT2D eigenvalue weighted by Crippen LogP contribution is -2.16. The number of methoxy groups -OCH3 is 1. The molecule has 0 radical (unpaired) electrons. The Kier molecular flexibility index (Phi) is 5.24. The Morgan fingerprint density at radius 2 is 1.19 bits per heavy atom. The molecule has 3 aromatic rings. The zero-order valence-electron chi connectivity index (χ0n) is 14.1. The fourth-order valence-electron chi connectivity index (χ4n) is 2.31. The molecule has 0 bridgehead atoms. The Bertz CT molecular complexity index is 840. The standard InChI is InChI=1S/C20H17N3O3/c1-26-16-12-17(22-19(24)14-8-4-2-5-9-14)21-18(13-16)23-20(25)15-10-6-3-7-11-15/h2-13H,1H3,(H2,21,22,23,24,25). The van der Waals surface area contributed by atoms with Crippen LogP contribution in [-0.4, -0.2) is 23.9 Å². The van der Waals surface area contributed by atoms with Gasteiger partial charge in [0.1, 0.15) is 17.4 Å². The quantitative estimate of drug-likeness (QED) is 0.739. The first-order valence-electron chi connectivity index (χ1n) is 7.94. The predicted molar refractivity (Wildman–Crippen MR) is 99.6 cm³/mol. The van der Waals surface area contributed by atoms with Gasteiger partial charge in [-0.2, -0.15) is 0 Å². The number of aromatic nitrogens is 1. The van der Waals surface area contributed by atoms with E-state index in [1.54, 1.807) is 60.7 Å². The summed E-state index contributed by atoms with van der Waals surface area (Å²) in [5, 5.41) is 5.41. The number of carbonyl (C=O) groups is 2. The van der Waals surface area contributed by atoms with Gasteiger partial charge in [-0.1, -0.05) is 36.4 Å². The highest BCUT2D eigenvalue weighted by atomic mass is 16.5. The Balaban J connectivity index is 1.80. The molecule has 2 amide bonds. The van der Waals surface area contributed by atoms with Crippen LogP contribution in [0.2, 0.25) is 0 Å². The summed E-state index contributed by atoms with van der Waals surface area (Å²) in [6.07, 6.45) is 0. The van der Waals surface area contributed by atoms with Crippen molar-refractivity contribution >= 4 is 23.5 Å². The minimum Gasteiger partial charge on any atom is -0.496 e. The first-order valence-corrected chi connectivity index (χ1v) is 7.94. The van der Waals surface area contributed by atoms with Crippen molar-refractivity contribution < 1.29 is 14.3 Å². The molecule has 2 aromatic carbocycles. The first kappa shape index (κ1) is 17.2. The van der Waals surface area contributed by atoms with Crippen molar-refractivity contribution in [2.45, 2.75) is 0 Å². The van der Waals surface area contributed by atoms with Crippen LogP contribution < -0.4 is 15.4 Å². The third-order valence-electron chi connectivity index (χ3n) is 3.59. The number of benzene rings is 2. The van der Waals surface area contributed by atoms with Crippen LogP contribution in [-0.2, 0) is 0 Å². The summed E-state index contributed by atoms with van der Waals surface area (Å²) in [4.78, 5) is 28.8. The molecule has 0 saturated carbocycles. The molecule has 2 N–H and O–H groups in total. The van der Waals surface area contributed by atoms with Gasteiger partial charge in [0, 0.05) is 23.3 Å². The summed E-state index contributed by atoms with van der Waals surface area (Å²) in [5.41, 5.74) is 1.01. The Morgan fingerprint density at radius 3 is 1.58 bits per heavy atom. The zero-order valence-corrected chi connectivity index (χ0v) is 14.1. The molecule has 6 heteroatoms. The summed E-state index contributed by atoms with van der Waals surface area (Å²) >= 11 is 0. The Labute approximate surface area is 150 Å². The summed E-state index contributed by atoms with van der Waals surface area (Å²) in [6.45, 7) is 0. The summed E-state index contributed by atoms with van der Waals surface area (Å²) in [6, 6.07) is 20.7. The van der Waals surface area contributed by atoms with Gasteiger partial charge in [0.05, 0.1) is 7.11 Å². The molecular weight excluding hydrogens is 330 g/mol. The molecule has 0 aliphatic carbocycles. The van der Waals surface area contributed by atoms with Crippen LogP contribution in [0.15, 0.2) is 72.8 Å². The van der Waals surface area contributed by atoms with Crippen LogP contribution >= 0.6 is 0 Å². The van der Waals surface area contributed by atoms with E-state index in [-0.39, 0.29) is 23.5 Å². The minimum absolute atomic E-state index is 0.279. The number of amides is 2. The predicted octanol–water partition coefficient (Wildman–Crippen LogP) is 3.59. The number of nitrogens with one attached hydrogen (secondary N) is 2. The van der Waals surface area contributed by atoms with Gasteiger partial charge < -0.3 is 15.4 Å². The largest absolute Gasteiger partial charge is 0.496 e. The number of hydrogen-bond acceptors (Lipinski definition) is 4. The molecule has 6 nitrogen and oxygen atoms in total. The monoisotopic (exact) mass is 347 g/mol. The SMILES string of the molecule is COc1cc(NC(=O)c2ccccc2)nc(NC(=O)c2ccccc2)c1. The smallest absolute Gasteiger partial charge is 0.256 e. The topological polar surface area (TPSA) is 80.3 Å². The lowest BCUT2D eigenvalue weighted by molar-refractivity contribution is 0.101. The second-order valence-electron chi connectivity index (χ2n) is 5.42. The van der Waals surface area contributed by atoms with Crippen LogP contribution in [0.5, 0.6) is 5.75 Å². The number of pyridine rings is 1. The molecule has 0 spiro atoms. The Morgan fingerprint density at radius 1 is 0.769 bits per heavy atom. The molecule has 1 heterocycles. The molecule has 1 aromatic heterocycles. The number of rotatable bonds is 5. The molecule has 0 fully saturated rings. The fourth-order valence-corrected chi connectivity index (χ4v) is 2.31. The first-order chi connectivity index (χ1) is 12.7. The van der Waals surface area contributed by atoms with Gasteiger partial charge in [0.25, 0.3) is 11.8 Å². The molecule has 3 rings (SSSR count). The van der Waals surface area contributed by atoms with Crippen molar-refractivity contribution in [1.29, 1.82) is 0 Å². The second-order valence-corrected chi connectivity index (χ2v) is 5.42. The van der Waals surface area contributed by atoms with Gasteiger partial charge in [0.15, 0.2) is 0 Å². The van der Waals surface area contributed by atoms with E-state index in [1.807, 2.05) is 12.1 Å². The Hall–Kier alpha value is -3.67. The van der Waals surface area contributed by atoms with Crippen LogP contribution in [0.1, 0.15) is 20.7 Å². The number of carbonyl (C=O) groups excluding carboxylic acids is 2. The van der Waals surface area contributed by atoms with Gasteiger partial charge >= 0.3 is 0 Å². The summed E-state index contributed by atoms with van der Waals surface area (Å²) < 4.78 is 5.23. The highest BCUT2D eigenvalue weighted by molar-refractivity contribution is 6.05. The highest BCUT2D eigenvalue weighted by Crippen LogP contribution is 2.21. The van der Waals surface area contributed by atoms with E-state index >= 15 is 0 Å². The van der Waals surface area contributed by atoms with E-state index in [9.17, 15) is 9.59 Å². The van der Waals surface area contributed by atoms with Gasteiger partial charge in [-0.25, -0.2) is 4.98 Å². The lowest BCUT2D eigenvalue weighted by Gasteiger charge is -2.10. The van der Waals surface area contributed by atoms with Crippen molar-refractivity contribution in [3.05, 3.63) is 83.9 Å². The third kappa shape index (κ3) is 4.24. The van der Waals surface area contributed by atoms with E-state index in [4.69, 9.17) is 4.74 Å². The lowest BCUT2D eigenvalue weighted by atomic mass is 10.2. The number of nitrogens with zero attached hydrogens (tertiary/aromatic N) is 1. The van der Waals surface area contributed by atoms with Crippen molar-refractivity contribution in [3.63, 3.8) is 0 Å². The fraction of sp³-hybridized carbons (Fsp3) is 0.0500. The molecule has 0 saturated heterocycles. The highest BCUT2D eigenvalue weighted by Gasteiger charge is 2.11. The number of anilines is 2. The van der Waals surface area contributed by atoms with Crippen LogP contribution in [0.25, 0.3) is 0 Å². The normalized spacial score (nSPS) is 10.0. The van der Waals surface area contributed by atoms with Gasteiger partial charge in [-0.15, -0.1) is 0 Å². The summed E-state index contributed by atoms with van der Waals surface area (Å²) in [7, 11) is 1.50. The molecular formula is C20H17N3O3. The average molecular weight is 347 g/mol. The van der Waals surface area contributed by atoms with E-state index in [0.717, 1.165) is 0 Å². The van der Waals surface area contributed by atoms with Crippen LogP contribution in [0.4, 0.5) is 11.6 Å². The minimum atomic E-state index is -0.299. The van der Waals surface area contributed by atoms with Gasteiger partial charge in [-0.3, -0.25) is 9.59 Å². The van der Waals surface area contributed by atoms with E-state index in [2.05, 4.69) is 15.6 Å². The van der Waals surface area contributed by atoms with Gasteiger partial charge in [0.2, 0.25) is 0 Å². The molecule has 26 heavy (non-hydrogen) atoms. The second kappa shape index (κ2) is 7.94. The molecule has 0 atom stereocenters.